The van der Waals surface area contributed by atoms with E-state index in [0.29, 0.717) is 59.7 Å². The molecule has 244 valence electrons. The Bertz CT molecular complexity index is 2970. The van der Waals surface area contributed by atoms with E-state index in [0.717, 1.165) is 49.9 Å². The molecular formula is C45H22B7N3S. The van der Waals surface area contributed by atoms with Gasteiger partial charge in [-0.3, -0.25) is 0 Å². The molecule has 14 radical (unpaired) electrons. The SMILES string of the molecule is [B]c1c([B])c([B])c2c(sc3c([B])c([B])c([B])c(-c4cccc(-c5ccc(-c6nc(-c7ccccc7)nc(-c7ccc(-c8ccccc8)cc7)n6)cc5)c4)c32)c1[B]. The fraction of sp³-hybridized carbons (Fsp3) is 0. The molecule has 0 aliphatic carbocycles. The van der Waals surface area contributed by atoms with Crippen molar-refractivity contribution in [2.24, 2.45) is 0 Å². The van der Waals surface area contributed by atoms with Gasteiger partial charge < -0.3 is 0 Å². The Kier molecular flexibility index (Phi) is 9.22. The van der Waals surface area contributed by atoms with E-state index in [1.54, 1.807) is 0 Å². The third-order valence-corrected chi connectivity index (χ3v) is 11.4. The van der Waals surface area contributed by atoms with Crippen molar-refractivity contribution in [2.75, 3.05) is 0 Å². The van der Waals surface area contributed by atoms with E-state index in [-0.39, 0.29) is 16.4 Å². The molecule has 0 aliphatic rings. The predicted molar refractivity (Wildman–Crippen MR) is 243 cm³/mol. The van der Waals surface area contributed by atoms with Gasteiger partial charge in [-0.1, -0.05) is 149 Å². The summed E-state index contributed by atoms with van der Waals surface area (Å²) < 4.78 is 1.38. The first-order chi connectivity index (χ1) is 27.2. The zero-order chi connectivity index (χ0) is 38.7. The normalized spacial score (nSPS) is 11.4. The van der Waals surface area contributed by atoms with Gasteiger partial charge in [0.2, 0.25) is 0 Å². The monoisotopic (exact) mass is 713 g/mol. The third kappa shape index (κ3) is 6.15. The van der Waals surface area contributed by atoms with Crippen LogP contribution in [0.2, 0.25) is 0 Å². The van der Waals surface area contributed by atoms with Crippen molar-refractivity contribution in [1.82, 2.24) is 15.0 Å². The number of hydrogen-bond acceptors (Lipinski definition) is 4. The number of aromatic nitrogens is 3. The molecule has 0 bridgehead atoms. The van der Waals surface area contributed by atoms with Crippen LogP contribution < -0.4 is 38.2 Å². The molecule has 11 heteroatoms. The van der Waals surface area contributed by atoms with Crippen molar-refractivity contribution >= 4 is 125 Å². The fourth-order valence-electron chi connectivity index (χ4n) is 7.15. The van der Waals surface area contributed by atoms with Crippen molar-refractivity contribution in [2.45, 2.75) is 0 Å². The second-order valence-corrected chi connectivity index (χ2v) is 14.6. The molecule has 9 rings (SSSR count). The molecular weight excluding hydrogens is 690 g/mol. The zero-order valence-electron chi connectivity index (χ0n) is 30.0. The molecule has 0 aliphatic heterocycles. The van der Waals surface area contributed by atoms with Crippen LogP contribution in [0.25, 0.3) is 87.7 Å². The maximum absolute atomic E-state index is 6.76. The lowest BCUT2D eigenvalue weighted by Crippen LogP contribution is -2.47. The first-order valence-corrected chi connectivity index (χ1v) is 18.6. The van der Waals surface area contributed by atoms with Gasteiger partial charge in [-0.05, 0) is 44.8 Å². The molecule has 56 heavy (non-hydrogen) atoms. The number of thiophene rings is 1. The molecule has 3 nitrogen and oxygen atoms in total. The number of benzene rings is 7. The van der Waals surface area contributed by atoms with E-state index in [4.69, 9.17) is 69.9 Å². The highest BCUT2D eigenvalue weighted by atomic mass is 32.1. The summed E-state index contributed by atoms with van der Waals surface area (Å²) in [7, 11) is 45.4. The predicted octanol–water partition coefficient (Wildman–Crippen LogP) is 3.80. The van der Waals surface area contributed by atoms with Gasteiger partial charge >= 0.3 is 0 Å². The molecule has 0 saturated carbocycles. The molecule has 9 aromatic rings. The Labute approximate surface area is 338 Å². The summed E-state index contributed by atoms with van der Waals surface area (Å²) in [4.78, 5) is 14.8. The highest BCUT2D eigenvalue weighted by Gasteiger charge is 2.21. The van der Waals surface area contributed by atoms with Crippen LogP contribution in [0.3, 0.4) is 0 Å². The fourth-order valence-corrected chi connectivity index (χ4v) is 8.41. The number of hydrogen-bond donors (Lipinski definition) is 0. The summed E-state index contributed by atoms with van der Waals surface area (Å²) >= 11 is 1.36. The summed E-state index contributed by atoms with van der Waals surface area (Å²) in [6.07, 6.45) is 0. The Morgan fingerprint density at radius 3 is 1.23 bits per heavy atom. The van der Waals surface area contributed by atoms with E-state index in [1.807, 2.05) is 103 Å². The molecule has 0 fully saturated rings. The van der Waals surface area contributed by atoms with Crippen LogP contribution in [0.1, 0.15) is 0 Å². The van der Waals surface area contributed by atoms with Crippen molar-refractivity contribution in [3.05, 3.63) is 133 Å². The van der Waals surface area contributed by atoms with E-state index >= 15 is 0 Å². The molecule has 0 amide bonds. The number of fused-ring (bicyclic) bond motifs is 3. The Balaban J connectivity index is 1.12. The lowest BCUT2D eigenvalue weighted by Gasteiger charge is -2.19. The first-order valence-electron chi connectivity index (χ1n) is 17.8. The molecule has 0 atom stereocenters. The quantitative estimate of drug-likeness (QED) is 0.247. The maximum atomic E-state index is 6.76. The van der Waals surface area contributed by atoms with Crippen LogP contribution in [0.4, 0.5) is 0 Å². The van der Waals surface area contributed by atoms with Gasteiger partial charge in [0.25, 0.3) is 0 Å². The minimum absolute atomic E-state index is 0.214. The van der Waals surface area contributed by atoms with Gasteiger partial charge in [0.1, 0.15) is 54.9 Å². The summed E-state index contributed by atoms with van der Waals surface area (Å²) in [6, 6.07) is 44.7. The molecule has 0 spiro atoms. The second-order valence-electron chi connectivity index (χ2n) is 13.6. The molecule has 7 aromatic carbocycles. The van der Waals surface area contributed by atoms with Crippen LogP contribution in [-0.2, 0) is 0 Å². The highest BCUT2D eigenvalue weighted by molar-refractivity contribution is 7.28. The van der Waals surface area contributed by atoms with E-state index in [1.165, 1.54) is 11.3 Å². The van der Waals surface area contributed by atoms with Gasteiger partial charge in [-0.15, -0.1) is 27.7 Å². The second kappa shape index (κ2) is 14.4. The van der Waals surface area contributed by atoms with Crippen molar-refractivity contribution in [3.8, 4) is 67.5 Å². The topological polar surface area (TPSA) is 38.7 Å². The summed E-state index contributed by atoms with van der Waals surface area (Å²) in [5, 5.41) is 1.38. The van der Waals surface area contributed by atoms with E-state index in [2.05, 4.69) is 30.3 Å². The molecule has 0 N–H and O–H groups in total. The summed E-state index contributed by atoms with van der Waals surface area (Å²) in [5.41, 5.74) is 10.4. The first kappa shape index (κ1) is 35.9. The number of nitrogens with zero attached hydrogens (tertiary/aromatic N) is 3. The lowest BCUT2D eigenvalue weighted by molar-refractivity contribution is 1.07. The van der Waals surface area contributed by atoms with Crippen LogP contribution in [0.15, 0.2) is 133 Å². The van der Waals surface area contributed by atoms with Gasteiger partial charge in [0.05, 0.1) is 0 Å². The van der Waals surface area contributed by atoms with Gasteiger partial charge in [-0.25, -0.2) is 15.0 Å². The van der Waals surface area contributed by atoms with Crippen LogP contribution >= 0.6 is 11.3 Å². The minimum atomic E-state index is 0.214. The number of rotatable bonds is 6. The standard InChI is InChI=1S/C45H22B7N3S/c46-34-31(32-33-35(47)36(48)38(50)40(52)42(33)56-41(32)39(51)37(34)49)30-13-7-12-29(22-30)25-16-20-28(21-17-25)45-54-43(26-10-5-2-6-11-26)53-44(55-45)27-18-14-24(15-19-27)23-8-3-1-4-9-23/h1-22H. The average molecular weight is 712 g/mol. The van der Waals surface area contributed by atoms with Crippen LogP contribution in [-0.4, -0.2) is 69.9 Å². The van der Waals surface area contributed by atoms with Crippen LogP contribution in [0, 0.1) is 0 Å². The van der Waals surface area contributed by atoms with E-state index in [9.17, 15) is 0 Å². The lowest BCUT2D eigenvalue weighted by atomic mass is 9.64. The summed E-state index contributed by atoms with van der Waals surface area (Å²) in [6.45, 7) is 0. The van der Waals surface area contributed by atoms with Gasteiger partial charge in [0.15, 0.2) is 17.5 Å². The van der Waals surface area contributed by atoms with Crippen molar-refractivity contribution in [1.29, 1.82) is 0 Å². The smallest absolute Gasteiger partial charge is 0.164 e. The molecule has 0 saturated heterocycles. The van der Waals surface area contributed by atoms with Crippen molar-refractivity contribution < 1.29 is 0 Å². The Morgan fingerprint density at radius 2 is 0.679 bits per heavy atom. The van der Waals surface area contributed by atoms with E-state index < -0.39 is 0 Å². The molecule has 0 unspecified atom stereocenters. The molecule has 2 heterocycles. The van der Waals surface area contributed by atoms with Gasteiger partial charge in [-0.2, -0.15) is 0 Å². The van der Waals surface area contributed by atoms with Gasteiger partial charge in [0, 0.05) is 31.5 Å². The largest absolute Gasteiger partial charge is 0.208 e. The molecule has 2 aromatic heterocycles. The highest BCUT2D eigenvalue weighted by Crippen LogP contribution is 2.37. The maximum Gasteiger partial charge on any atom is 0.164 e. The third-order valence-electron chi connectivity index (χ3n) is 10.2. The summed E-state index contributed by atoms with van der Waals surface area (Å²) in [5.74, 6) is 1.74. The Hall–Kier alpha value is -5.78. The van der Waals surface area contributed by atoms with Crippen LogP contribution in [0.5, 0.6) is 0 Å². The minimum Gasteiger partial charge on any atom is -0.208 e. The van der Waals surface area contributed by atoms with Crippen molar-refractivity contribution in [3.63, 3.8) is 0 Å². The Morgan fingerprint density at radius 1 is 0.304 bits per heavy atom. The zero-order valence-corrected chi connectivity index (χ0v) is 30.8. The average Bonchev–Trinajstić information content (AvgIpc) is 3.65.